The highest BCUT2D eigenvalue weighted by molar-refractivity contribution is 9.10. The SMILES string of the molecule is CCC(C(=O)O)c1cccc(Cn2ccc(OCc3ccc(F)cc3F)c(Br)c2=O)c1. The number of nitrogens with zero attached hydrogens (tertiary/aromatic N) is 1. The van der Waals surface area contributed by atoms with Gasteiger partial charge in [0.15, 0.2) is 0 Å². The number of hydrogen-bond acceptors (Lipinski definition) is 3. The van der Waals surface area contributed by atoms with Crippen LogP contribution in [-0.4, -0.2) is 15.6 Å². The van der Waals surface area contributed by atoms with E-state index in [0.717, 1.165) is 17.7 Å². The summed E-state index contributed by atoms with van der Waals surface area (Å²) in [6.45, 7) is 1.89. The topological polar surface area (TPSA) is 68.5 Å². The molecule has 0 bridgehead atoms. The van der Waals surface area contributed by atoms with Crippen LogP contribution in [0.2, 0.25) is 0 Å². The van der Waals surface area contributed by atoms with Crippen molar-refractivity contribution >= 4 is 21.9 Å². The molecule has 0 saturated carbocycles. The number of aromatic nitrogens is 1. The first kappa shape index (κ1) is 22.7. The van der Waals surface area contributed by atoms with Crippen LogP contribution >= 0.6 is 15.9 Å². The quantitative estimate of drug-likeness (QED) is 0.476. The second-order valence-corrected chi connectivity index (χ2v) is 7.79. The van der Waals surface area contributed by atoms with Gasteiger partial charge < -0.3 is 14.4 Å². The minimum atomic E-state index is -0.890. The van der Waals surface area contributed by atoms with Gasteiger partial charge >= 0.3 is 5.97 Å². The van der Waals surface area contributed by atoms with Crippen molar-refractivity contribution < 1.29 is 23.4 Å². The van der Waals surface area contributed by atoms with Gasteiger partial charge in [0, 0.05) is 17.8 Å². The molecule has 1 heterocycles. The second kappa shape index (κ2) is 9.87. The lowest BCUT2D eigenvalue weighted by atomic mass is 9.95. The first-order valence-corrected chi connectivity index (χ1v) is 10.4. The number of ether oxygens (including phenoxy) is 1. The number of pyridine rings is 1. The zero-order valence-corrected chi connectivity index (χ0v) is 18.2. The van der Waals surface area contributed by atoms with Crippen molar-refractivity contribution in [3.8, 4) is 5.75 Å². The van der Waals surface area contributed by atoms with E-state index in [-0.39, 0.29) is 34.5 Å². The molecule has 0 radical (unpaired) electrons. The predicted octanol–water partition coefficient (Wildman–Crippen LogP) is 5.09. The van der Waals surface area contributed by atoms with Crippen molar-refractivity contribution in [2.75, 3.05) is 0 Å². The summed E-state index contributed by atoms with van der Waals surface area (Å²) < 4.78 is 33.9. The van der Waals surface area contributed by atoms with Gasteiger partial charge in [-0.25, -0.2) is 8.78 Å². The van der Waals surface area contributed by atoms with E-state index in [1.807, 2.05) is 13.0 Å². The maximum Gasteiger partial charge on any atom is 0.310 e. The standard InChI is InChI=1S/C23H20BrF2NO4/c1-2-18(23(29)30)15-5-3-4-14(10-15)12-27-9-8-20(21(24)22(27)28)31-13-16-6-7-17(25)11-19(16)26/h3-11,18H,2,12-13H2,1H3,(H,29,30). The minimum absolute atomic E-state index is 0.163. The van der Waals surface area contributed by atoms with Crippen LogP contribution < -0.4 is 10.3 Å². The van der Waals surface area contributed by atoms with E-state index in [4.69, 9.17) is 4.74 Å². The summed E-state index contributed by atoms with van der Waals surface area (Å²) in [6.07, 6.45) is 2.01. The molecule has 0 fully saturated rings. The summed E-state index contributed by atoms with van der Waals surface area (Å²) >= 11 is 3.23. The van der Waals surface area contributed by atoms with E-state index in [0.29, 0.717) is 12.0 Å². The number of carboxylic acids is 1. The molecule has 0 aliphatic carbocycles. The number of hydrogen-bond donors (Lipinski definition) is 1. The largest absolute Gasteiger partial charge is 0.487 e. The first-order chi connectivity index (χ1) is 14.8. The Balaban J connectivity index is 1.78. The monoisotopic (exact) mass is 491 g/mol. The molecule has 162 valence electrons. The molecule has 0 saturated heterocycles. The van der Waals surface area contributed by atoms with Crippen LogP contribution in [-0.2, 0) is 17.9 Å². The summed E-state index contributed by atoms with van der Waals surface area (Å²) in [6, 6.07) is 11.9. The molecule has 0 amide bonds. The Morgan fingerprint density at radius 2 is 1.97 bits per heavy atom. The lowest BCUT2D eigenvalue weighted by Gasteiger charge is -2.14. The smallest absolute Gasteiger partial charge is 0.310 e. The fraction of sp³-hybridized carbons (Fsp3) is 0.217. The highest BCUT2D eigenvalue weighted by Crippen LogP contribution is 2.24. The number of benzene rings is 2. The molecule has 3 aromatic rings. The van der Waals surface area contributed by atoms with E-state index in [2.05, 4.69) is 15.9 Å². The van der Waals surface area contributed by atoms with Crippen LogP contribution in [0.5, 0.6) is 5.75 Å². The summed E-state index contributed by atoms with van der Waals surface area (Å²) in [5.41, 5.74) is 1.28. The second-order valence-electron chi connectivity index (χ2n) is 7.00. The summed E-state index contributed by atoms with van der Waals surface area (Å²) in [7, 11) is 0. The van der Waals surface area contributed by atoms with Crippen LogP contribution in [0.4, 0.5) is 8.78 Å². The molecule has 1 unspecified atom stereocenters. The molecule has 0 aliphatic heterocycles. The molecule has 1 aromatic heterocycles. The molecule has 1 N–H and O–H groups in total. The molecule has 0 spiro atoms. The molecule has 0 aliphatic rings. The van der Waals surface area contributed by atoms with E-state index >= 15 is 0 Å². The van der Waals surface area contributed by atoms with E-state index in [9.17, 15) is 23.5 Å². The zero-order chi connectivity index (χ0) is 22.5. The van der Waals surface area contributed by atoms with Crippen LogP contribution in [0.25, 0.3) is 0 Å². The maximum atomic E-state index is 13.8. The Kier molecular flexibility index (Phi) is 7.22. The van der Waals surface area contributed by atoms with Gasteiger partial charge in [-0.3, -0.25) is 9.59 Å². The van der Waals surface area contributed by atoms with Crippen LogP contribution in [0.3, 0.4) is 0 Å². The van der Waals surface area contributed by atoms with Crippen molar-refractivity contribution in [3.05, 3.63) is 97.9 Å². The highest BCUT2D eigenvalue weighted by Gasteiger charge is 2.18. The summed E-state index contributed by atoms with van der Waals surface area (Å²) in [5, 5.41) is 9.36. The van der Waals surface area contributed by atoms with Gasteiger partial charge in [0.1, 0.15) is 28.5 Å². The fourth-order valence-corrected chi connectivity index (χ4v) is 3.69. The molecule has 2 aromatic carbocycles. The maximum absolute atomic E-state index is 13.8. The van der Waals surface area contributed by atoms with Crippen molar-refractivity contribution in [1.29, 1.82) is 0 Å². The molecule has 1 atom stereocenters. The summed E-state index contributed by atoms with van der Waals surface area (Å²) in [4.78, 5) is 24.1. The lowest BCUT2D eigenvalue weighted by molar-refractivity contribution is -0.138. The van der Waals surface area contributed by atoms with Crippen LogP contribution in [0.1, 0.15) is 36.0 Å². The number of rotatable bonds is 8. The third-order valence-electron chi connectivity index (χ3n) is 4.88. The number of carbonyl (C=O) groups is 1. The van der Waals surface area contributed by atoms with Gasteiger partial charge in [-0.15, -0.1) is 0 Å². The average Bonchev–Trinajstić information content (AvgIpc) is 2.72. The Morgan fingerprint density at radius 1 is 1.19 bits per heavy atom. The zero-order valence-electron chi connectivity index (χ0n) is 16.6. The summed E-state index contributed by atoms with van der Waals surface area (Å²) in [5.74, 6) is -2.67. The predicted molar refractivity (Wildman–Crippen MR) is 115 cm³/mol. The Bertz CT molecular complexity index is 1160. The molecule has 31 heavy (non-hydrogen) atoms. The first-order valence-electron chi connectivity index (χ1n) is 9.57. The molecule has 8 heteroatoms. The Hall–Kier alpha value is -3.00. The molecular weight excluding hydrogens is 472 g/mol. The lowest BCUT2D eigenvalue weighted by Crippen LogP contribution is -2.21. The van der Waals surface area contributed by atoms with Gasteiger partial charge in [-0.05, 0) is 51.7 Å². The third-order valence-corrected chi connectivity index (χ3v) is 5.61. The van der Waals surface area contributed by atoms with Gasteiger partial charge in [-0.1, -0.05) is 31.2 Å². The Labute approximate surface area is 186 Å². The van der Waals surface area contributed by atoms with E-state index in [1.54, 1.807) is 30.5 Å². The fourth-order valence-electron chi connectivity index (χ4n) is 3.22. The third kappa shape index (κ3) is 5.38. The van der Waals surface area contributed by atoms with Gasteiger partial charge in [0.2, 0.25) is 0 Å². The normalized spacial score (nSPS) is 11.9. The Morgan fingerprint density at radius 3 is 2.65 bits per heavy atom. The van der Waals surface area contributed by atoms with Crippen molar-refractivity contribution in [2.24, 2.45) is 0 Å². The van der Waals surface area contributed by atoms with E-state index in [1.165, 1.54) is 10.6 Å². The van der Waals surface area contributed by atoms with Gasteiger partial charge in [-0.2, -0.15) is 0 Å². The van der Waals surface area contributed by atoms with E-state index < -0.39 is 23.5 Å². The molecule has 5 nitrogen and oxygen atoms in total. The highest BCUT2D eigenvalue weighted by atomic mass is 79.9. The number of carboxylic acid groups (broad SMARTS) is 1. The molecule has 3 rings (SSSR count). The minimum Gasteiger partial charge on any atom is -0.487 e. The van der Waals surface area contributed by atoms with Crippen molar-refractivity contribution in [2.45, 2.75) is 32.4 Å². The van der Waals surface area contributed by atoms with Crippen molar-refractivity contribution in [3.63, 3.8) is 0 Å². The van der Waals surface area contributed by atoms with Crippen LogP contribution in [0.15, 0.2) is 64.0 Å². The molecular formula is C23H20BrF2NO4. The number of halogens is 3. The van der Waals surface area contributed by atoms with Gasteiger partial charge in [0.25, 0.3) is 5.56 Å². The van der Waals surface area contributed by atoms with Crippen LogP contribution in [0, 0.1) is 11.6 Å². The average molecular weight is 492 g/mol. The number of aliphatic carboxylic acids is 1. The van der Waals surface area contributed by atoms with Crippen molar-refractivity contribution in [1.82, 2.24) is 4.57 Å². The van der Waals surface area contributed by atoms with Gasteiger partial charge in [0.05, 0.1) is 12.5 Å².